The van der Waals surface area contributed by atoms with Gasteiger partial charge in [0.25, 0.3) is 0 Å². The van der Waals surface area contributed by atoms with Crippen LogP contribution in [0.4, 0.5) is 4.79 Å². The van der Waals surface area contributed by atoms with Crippen molar-refractivity contribution < 1.29 is 23.5 Å². The first-order valence-electron chi connectivity index (χ1n) is 12.0. The van der Waals surface area contributed by atoms with Gasteiger partial charge >= 0.3 is 17.7 Å². The Morgan fingerprint density at radius 1 is 1.06 bits per heavy atom. The standard InChI is InChI=1S/C28H30N2O6/c1-5-8-17-14-25(31)35-24-15-19(11-12-21(17)24)34-26(32)23(30-27(33)36-28(2,3)4)13-18-16-29-22-10-7-6-9-20(18)22/h6-7,9-12,14-16,23,29H,5,8,13H2,1-4H3,(H,30,33). The topological polar surface area (TPSA) is 111 Å². The van der Waals surface area contributed by atoms with E-state index in [1.807, 2.05) is 37.4 Å². The summed E-state index contributed by atoms with van der Waals surface area (Å²) < 4.78 is 16.3. The van der Waals surface area contributed by atoms with Crippen molar-refractivity contribution in [2.45, 2.75) is 58.6 Å². The number of esters is 1. The number of H-pyrrole nitrogens is 1. The van der Waals surface area contributed by atoms with Crippen LogP contribution in [0.25, 0.3) is 21.9 Å². The van der Waals surface area contributed by atoms with Crippen LogP contribution in [-0.2, 0) is 22.4 Å². The largest absolute Gasteiger partial charge is 0.444 e. The van der Waals surface area contributed by atoms with E-state index in [0.717, 1.165) is 40.3 Å². The molecule has 4 aromatic rings. The smallest absolute Gasteiger partial charge is 0.408 e. The Morgan fingerprint density at radius 2 is 1.83 bits per heavy atom. The summed E-state index contributed by atoms with van der Waals surface area (Å²) in [4.78, 5) is 41.0. The summed E-state index contributed by atoms with van der Waals surface area (Å²) in [6, 6.07) is 13.1. The van der Waals surface area contributed by atoms with Gasteiger partial charge in [-0.05, 0) is 56.5 Å². The average molecular weight is 491 g/mol. The van der Waals surface area contributed by atoms with Crippen LogP contribution in [0.5, 0.6) is 5.75 Å². The number of nitrogens with one attached hydrogen (secondary N) is 2. The van der Waals surface area contributed by atoms with Crippen LogP contribution in [0.15, 0.2) is 63.9 Å². The lowest BCUT2D eigenvalue weighted by molar-refractivity contribution is -0.136. The maximum absolute atomic E-state index is 13.3. The zero-order chi connectivity index (χ0) is 25.9. The molecule has 1 atom stereocenters. The molecule has 1 amide bonds. The van der Waals surface area contributed by atoms with Gasteiger partial charge in [0.15, 0.2) is 0 Å². The molecule has 1 unspecified atom stereocenters. The van der Waals surface area contributed by atoms with Crippen LogP contribution < -0.4 is 15.7 Å². The maximum atomic E-state index is 13.3. The van der Waals surface area contributed by atoms with Crippen molar-refractivity contribution >= 4 is 33.9 Å². The van der Waals surface area contributed by atoms with E-state index in [-0.39, 0.29) is 12.2 Å². The van der Waals surface area contributed by atoms with Crippen LogP contribution in [0, 0.1) is 0 Å². The molecular weight excluding hydrogens is 460 g/mol. The lowest BCUT2D eigenvalue weighted by atomic mass is 10.0. The van der Waals surface area contributed by atoms with Crippen LogP contribution in [0.1, 0.15) is 45.2 Å². The second-order valence-electron chi connectivity index (χ2n) is 9.68. The highest BCUT2D eigenvalue weighted by molar-refractivity contribution is 5.88. The molecule has 0 bridgehead atoms. The first kappa shape index (κ1) is 25.0. The van der Waals surface area contributed by atoms with Crippen molar-refractivity contribution in [3.63, 3.8) is 0 Å². The van der Waals surface area contributed by atoms with Crippen LogP contribution in [0.2, 0.25) is 0 Å². The zero-order valence-electron chi connectivity index (χ0n) is 20.8. The summed E-state index contributed by atoms with van der Waals surface area (Å²) in [6.45, 7) is 7.27. The van der Waals surface area contributed by atoms with Crippen LogP contribution in [-0.4, -0.2) is 28.7 Å². The average Bonchev–Trinajstić information content (AvgIpc) is 3.20. The van der Waals surface area contributed by atoms with E-state index in [1.165, 1.54) is 12.1 Å². The first-order chi connectivity index (χ1) is 17.1. The molecular formula is C28H30N2O6. The molecule has 0 aliphatic carbocycles. The normalized spacial score (nSPS) is 12.4. The summed E-state index contributed by atoms with van der Waals surface area (Å²) in [5, 5.41) is 4.38. The molecule has 0 aliphatic rings. The van der Waals surface area contributed by atoms with Crippen molar-refractivity contribution in [1.82, 2.24) is 10.3 Å². The quantitative estimate of drug-likeness (QED) is 0.207. The third-order valence-corrected chi connectivity index (χ3v) is 5.61. The highest BCUT2D eigenvalue weighted by Gasteiger charge is 2.27. The van der Waals surface area contributed by atoms with E-state index in [1.54, 1.807) is 32.9 Å². The molecule has 2 aromatic carbocycles. The van der Waals surface area contributed by atoms with E-state index in [9.17, 15) is 14.4 Å². The fraction of sp³-hybridized carbons (Fsp3) is 0.321. The Kier molecular flexibility index (Phi) is 7.15. The van der Waals surface area contributed by atoms with Crippen molar-refractivity contribution in [2.24, 2.45) is 0 Å². The molecule has 4 rings (SSSR count). The number of benzene rings is 2. The van der Waals surface area contributed by atoms with Crippen LogP contribution >= 0.6 is 0 Å². The summed E-state index contributed by atoms with van der Waals surface area (Å²) in [7, 11) is 0. The second kappa shape index (κ2) is 10.3. The van der Waals surface area contributed by atoms with Gasteiger partial charge in [0.05, 0.1) is 0 Å². The lowest BCUT2D eigenvalue weighted by Crippen LogP contribution is -2.46. The summed E-state index contributed by atoms with van der Waals surface area (Å²) in [6.07, 6.45) is 2.88. The number of fused-ring (bicyclic) bond motifs is 2. The monoisotopic (exact) mass is 490 g/mol. The number of rotatable bonds is 7. The molecule has 2 aromatic heterocycles. The Morgan fingerprint density at radius 3 is 2.58 bits per heavy atom. The van der Waals surface area contributed by atoms with Gasteiger partial charge in [-0.1, -0.05) is 31.5 Å². The minimum absolute atomic E-state index is 0.186. The third-order valence-electron chi connectivity index (χ3n) is 5.61. The number of hydrogen-bond donors (Lipinski definition) is 2. The Bertz CT molecular complexity index is 1460. The van der Waals surface area contributed by atoms with Crippen LogP contribution in [0.3, 0.4) is 0 Å². The van der Waals surface area contributed by atoms with Gasteiger partial charge in [-0.15, -0.1) is 0 Å². The lowest BCUT2D eigenvalue weighted by Gasteiger charge is -2.23. The summed E-state index contributed by atoms with van der Waals surface area (Å²) in [5.74, 6) is -0.461. The summed E-state index contributed by atoms with van der Waals surface area (Å²) in [5.41, 5.74) is 1.79. The fourth-order valence-corrected chi connectivity index (χ4v) is 4.10. The molecule has 0 saturated heterocycles. The van der Waals surface area contributed by atoms with E-state index < -0.39 is 29.3 Å². The Labute approximate surface area is 208 Å². The number of hydrogen-bond acceptors (Lipinski definition) is 6. The Balaban J connectivity index is 1.61. The molecule has 0 saturated carbocycles. The van der Waals surface area contributed by atoms with Crippen molar-refractivity contribution in [3.05, 3.63) is 76.3 Å². The molecule has 8 heteroatoms. The molecule has 0 spiro atoms. The maximum Gasteiger partial charge on any atom is 0.408 e. The molecule has 8 nitrogen and oxygen atoms in total. The first-order valence-corrected chi connectivity index (χ1v) is 12.0. The predicted octanol–water partition coefficient (Wildman–Crippen LogP) is 5.27. The number of carbonyl (C=O) groups is 2. The molecule has 2 heterocycles. The molecule has 36 heavy (non-hydrogen) atoms. The summed E-state index contributed by atoms with van der Waals surface area (Å²) >= 11 is 0. The van der Waals surface area contributed by atoms with Gasteiger partial charge in [-0.3, -0.25) is 0 Å². The van der Waals surface area contributed by atoms with Crippen molar-refractivity contribution in [3.8, 4) is 5.75 Å². The van der Waals surface area contributed by atoms with Gasteiger partial charge in [-0.25, -0.2) is 14.4 Å². The molecule has 0 fully saturated rings. The SMILES string of the molecule is CCCc1cc(=O)oc2cc(OC(=O)C(Cc3c[nH]c4ccccc34)NC(=O)OC(C)(C)C)ccc12. The van der Waals surface area contributed by atoms with E-state index in [4.69, 9.17) is 13.9 Å². The molecule has 0 aliphatic heterocycles. The van der Waals surface area contributed by atoms with Gasteiger partial charge in [-0.2, -0.15) is 0 Å². The number of aromatic nitrogens is 1. The van der Waals surface area contributed by atoms with E-state index in [0.29, 0.717) is 5.58 Å². The van der Waals surface area contributed by atoms with E-state index in [2.05, 4.69) is 10.3 Å². The van der Waals surface area contributed by atoms with Crippen molar-refractivity contribution in [1.29, 1.82) is 0 Å². The number of carbonyl (C=O) groups excluding carboxylic acids is 2. The number of aromatic amines is 1. The highest BCUT2D eigenvalue weighted by atomic mass is 16.6. The Hall–Kier alpha value is -4.07. The zero-order valence-corrected chi connectivity index (χ0v) is 20.8. The molecule has 2 N–H and O–H groups in total. The van der Waals surface area contributed by atoms with Gasteiger partial charge in [0.2, 0.25) is 0 Å². The predicted molar refractivity (Wildman–Crippen MR) is 137 cm³/mol. The number of ether oxygens (including phenoxy) is 2. The number of amides is 1. The minimum Gasteiger partial charge on any atom is -0.444 e. The van der Waals surface area contributed by atoms with Crippen molar-refractivity contribution in [2.75, 3.05) is 0 Å². The molecule has 188 valence electrons. The van der Waals surface area contributed by atoms with Gasteiger partial charge in [0.1, 0.15) is 23.0 Å². The molecule has 0 radical (unpaired) electrons. The number of aryl methyl sites for hydroxylation is 1. The van der Waals surface area contributed by atoms with Gasteiger partial charge < -0.3 is 24.2 Å². The van der Waals surface area contributed by atoms with Gasteiger partial charge in [0, 0.05) is 41.0 Å². The minimum atomic E-state index is -1.02. The second-order valence-corrected chi connectivity index (χ2v) is 9.68. The number of alkyl carbamates (subject to hydrolysis) is 1. The fourth-order valence-electron chi connectivity index (χ4n) is 4.10. The highest BCUT2D eigenvalue weighted by Crippen LogP contribution is 2.25. The number of para-hydroxylation sites is 1. The van der Waals surface area contributed by atoms with E-state index >= 15 is 0 Å². The third kappa shape index (κ3) is 5.94.